The third kappa shape index (κ3) is 12.3. The Morgan fingerprint density at radius 2 is 1.76 bits per heavy atom. The Morgan fingerprint density at radius 3 is 2.33 bits per heavy atom. The lowest BCUT2D eigenvalue weighted by atomic mass is 9.92. The molecular formula is C37H56N6O7S. The van der Waals surface area contributed by atoms with Crippen LogP contribution in [0.25, 0.3) is 0 Å². The second kappa shape index (κ2) is 19.5. The van der Waals surface area contributed by atoms with Crippen LogP contribution in [-0.2, 0) is 30.3 Å². The third-order valence-electron chi connectivity index (χ3n) is 9.67. The molecule has 1 fully saturated rings. The van der Waals surface area contributed by atoms with E-state index in [4.69, 9.17) is 10.5 Å². The lowest BCUT2D eigenvalue weighted by Crippen LogP contribution is -2.57. The molecule has 0 radical (unpaired) electrons. The smallest absolute Gasteiger partial charge is 0.306 e. The largest absolute Gasteiger partial charge is 0.481 e. The Kier molecular flexibility index (Phi) is 15.9. The maximum atomic E-state index is 14.1. The summed E-state index contributed by atoms with van der Waals surface area (Å²) >= 11 is 1.17. The Bertz CT molecular complexity index is 1480. The molecule has 3 amide bonds. The van der Waals surface area contributed by atoms with Crippen LogP contribution < -0.4 is 21.7 Å². The van der Waals surface area contributed by atoms with Gasteiger partial charge in [-0.15, -0.1) is 11.3 Å². The standard InChI is InChI=1S/C37H56N6O7S/c1-8-22(4)32(42-33(45)28-11-9-10-16-39-28)36(47)43(7)30(21(2)3)19-31(50-24(6)44)35-41-29(20-51-35)34(46)40-27(17-23(5)37(48)49)18-25-12-14-26(38)15-13-25/h12-15,20-23,27-28,30-32,39H,8-11,16-19,38H2,1-7H3,(H,40,46)(H,42,45)(H,48,49)/t22-,23-,27+,28+,30+,31+,32-/m0/s1. The van der Waals surface area contributed by atoms with E-state index in [-0.39, 0.29) is 48.2 Å². The molecule has 0 bridgehead atoms. The van der Waals surface area contributed by atoms with Gasteiger partial charge in [0.05, 0.1) is 12.0 Å². The van der Waals surface area contributed by atoms with Crippen LogP contribution in [0.2, 0.25) is 0 Å². The first kappa shape index (κ1) is 41.4. The first-order chi connectivity index (χ1) is 24.1. The minimum Gasteiger partial charge on any atom is -0.481 e. The highest BCUT2D eigenvalue weighted by molar-refractivity contribution is 7.09. The number of nitrogens with two attached hydrogens (primary N) is 1. The first-order valence-corrected chi connectivity index (χ1v) is 18.8. The van der Waals surface area contributed by atoms with Crippen molar-refractivity contribution in [2.45, 2.75) is 117 Å². The minimum absolute atomic E-state index is 0.0571. The van der Waals surface area contributed by atoms with Crippen molar-refractivity contribution in [1.29, 1.82) is 0 Å². The van der Waals surface area contributed by atoms with E-state index in [1.165, 1.54) is 18.3 Å². The van der Waals surface area contributed by atoms with Crippen LogP contribution in [0.4, 0.5) is 5.69 Å². The van der Waals surface area contributed by atoms with E-state index in [2.05, 4.69) is 20.9 Å². The van der Waals surface area contributed by atoms with Gasteiger partial charge in [-0.3, -0.25) is 24.0 Å². The number of nitrogens with one attached hydrogen (secondary N) is 3. The van der Waals surface area contributed by atoms with Crippen LogP contribution in [0.1, 0.15) is 107 Å². The van der Waals surface area contributed by atoms with Crippen molar-refractivity contribution in [3.63, 3.8) is 0 Å². The highest BCUT2D eigenvalue weighted by atomic mass is 32.1. The van der Waals surface area contributed by atoms with Gasteiger partial charge in [0.2, 0.25) is 11.8 Å². The zero-order valence-electron chi connectivity index (χ0n) is 30.9. The normalized spacial score (nSPS) is 18.1. The van der Waals surface area contributed by atoms with Gasteiger partial charge in [0.25, 0.3) is 5.91 Å². The fourth-order valence-electron chi connectivity index (χ4n) is 6.35. The number of piperidine rings is 1. The number of nitrogens with zero attached hydrogens (tertiary/aromatic N) is 2. The summed E-state index contributed by atoms with van der Waals surface area (Å²) in [6, 6.07) is 5.21. The molecule has 1 aromatic carbocycles. The number of carboxylic acids is 1. The number of carbonyl (C=O) groups is 5. The lowest BCUT2D eigenvalue weighted by Gasteiger charge is -2.37. The number of likely N-dealkylation sites (N-methyl/N-ethyl adjacent to an activating group) is 1. The third-order valence-corrected chi connectivity index (χ3v) is 10.6. The van der Waals surface area contributed by atoms with E-state index in [9.17, 15) is 29.1 Å². The van der Waals surface area contributed by atoms with Gasteiger partial charge in [0.15, 0.2) is 6.10 Å². The number of nitrogen functional groups attached to an aromatic ring is 1. The Hall–Kier alpha value is -4.04. The topological polar surface area (TPSA) is 193 Å². The summed E-state index contributed by atoms with van der Waals surface area (Å²) in [6.07, 6.45) is 3.33. The zero-order chi connectivity index (χ0) is 37.8. The van der Waals surface area contributed by atoms with Gasteiger partial charge in [0, 0.05) is 43.5 Å². The van der Waals surface area contributed by atoms with Crippen molar-refractivity contribution in [3.05, 3.63) is 45.9 Å². The van der Waals surface area contributed by atoms with E-state index < -0.39 is 48.0 Å². The molecule has 2 heterocycles. The predicted octanol–water partition coefficient (Wildman–Crippen LogP) is 4.33. The Morgan fingerprint density at radius 1 is 1.08 bits per heavy atom. The summed E-state index contributed by atoms with van der Waals surface area (Å²) in [5, 5.41) is 20.7. The number of hydrogen-bond donors (Lipinski definition) is 5. The number of aliphatic carboxylic acids is 1. The molecule has 1 saturated heterocycles. The Labute approximate surface area is 305 Å². The van der Waals surface area contributed by atoms with E-state index in [0.717, 1.165) is 31.4 Å². The van der Waals surface area contributed by atoms with Crippen LogP contribution in [0.5, 0.6) is 0 Å². The van der Waals surface area contributed by atoms with Crippen LogP contribution in [0.15, 0.2) is 29.6 Å². The predicted molar refractivity (Wildman–Crippen MR) is 197 cm³/mol. The number of carboxylic acid groups (broad SMARTS) is 1. The summed E-state index contributed by atoms with van der Waals surface area (Å²) < 4.78 is 5.75. The fraction of sp³-hybridized carbons (Fsp3) is 0.622. The molecule has 1 aliphatic heterocycles. The molecule has 14 heteroatoms. The number of aromatic nitrogens is 1. The van der Waals surface area contributed by atoms with Crippen LogP contribution >= 0.6 is 11.3 Å². The molecule has 13 nitrogen and oxygen atoms in total. The van der Waals surface area contributed by atoms with E-state index >= 15 is 0 Å². The molecular weight excluding hydrogens is 673 g/mol. The van der Waals surface area contributed by atoms with Gasteiger partial charge >= 0.3 is 11.9 Å². The summed E-state index contributed by atoms with van der Waals surface area (Å²) in [5.74, 6) is -3.26. The molecule has 2 aromatic rings. The number of esters is 1. The number of rotatable bonds is 18. The maximum absolute atomic E-state index is 14.1. The van der Waals surface area contributed by atoms with Gasteiger partial charge in [-0.1, -0.05) is 59.6 Å². The van der Waals surface area contributed by atoms with Crippen molar-refractivity contribution < 1.29 is 33.8 Å². The first-order valence-electron chi connectivity index (χ1n) is 17.9. The van der Waals surface area contributed by atoms with Crippen molar-refractivity contribution in [2.75, 3.05) is 19.3 Å². The lowest BCUT2D eigenvalue weighted by molar-refractivity contribution is -0.149. The SMILES string of the molecule is CC[C@H](C)[C@H](NC(=O)[C@H]1CCCCN1)C(=O)N(C)[C@H](C[C@@H](OC(C)=O)c1nc(C(=O)N[C@@H](Cc2ccc(N)cc2)C[C@H](C)C(=O)O)cs1)C(C)C. The van der Waals surface area contributed by atoms with Crippen molar-refractivity contribution >= 4 is 46.7 Å². The van der Waals surface area contributed by atoms with E-state index in [0.29, 0.717) is 23.5 Å². The molecule has 282 valence electrons. The van der Waals surface area contributed by atoms with E-state index in [1.54, 1.807) is 36.4 Å². The van der Waals surface area contributed by atoms with E-state index in [1.807, 2.05) is 39.8 Å². The molecule has 0 spiro atoms. The second-order valence-corrected chi connectivity index (χ2v) is 15.0. The zero-order valence-corrected chi connectivity index (χ0v) is 31.8. The second-order valence-electron chi connectivity index (χ2n) is 14.1. The van der Waals surface area contributed by atoms with Crippen molar-refractivity contribution in [2.24, 2.45) is 17.8 Å². The van der Waals surface area contributed by atoms with Crippen LogP contribution in [0.3, 0.4) is 0 Å². The quantitative estimate of drug-likeness (QED) is 0.109. The number of benzene rings is 1. The molecule has 6 N–H and O–H groups in total. The molecule has 0 aliphatic carbocycles. The Balaban J connectivity index is 1.81. The molecule has 7 atom stereocenters. The average Bonchev–Trinajstić information content (AvgIpc) is 3.59. The van der Waals surface area contributed by atoms with Gasteiger partial charge in [-0.2, -0.15) is 0 Å². The number of hydrogen-bond acceptors (Lipinski definition) is 10. The van der Waals surface area contributed by atoms with Gasteiger partial charge in [-0.25, -0.2) is 4.98 Å². The van der Waals surface area contributed by atoms with Crippen molar-refractivity contribution in [1.82, 2.24) is 25.8 Å². The minimum atomic E-state index is -0.964. The molecule has 1 aliphatic rings. The molecule has 1 aromatic heterocycles. The summed E-state index contributed by atoms with van der Waals surface area (Å²) in [6.45, 7) is 11.5. The van der Waals surface area contributed by atoms with Gasteiger partial charge in [-0.05, 0) is 61.8 Å². The monoisotopic (exact) mass is 728 g/mol. The fourth-order valence-corrected chi connectivity index (χ4v) is 7.19. The van der Waals surface area contributed by atoms with Gasteiger partial charge in [0.1, 0.15) is 16.7 Å². The number of thiazole rings is 1. The summed E-state index contributed by atoms with van der Waals surface area (Å²) in [7, 11) is 1.71. The van der Waals surface area contributed by atoms with Gasteiger partial charge < -0.3 is 36.4 Å². The number of amides is 3. The van der Waals surface area contributed by atoms with Crippen LogP contribution in [0, 0.1) is 17.8 Å². The maximum Gasteiger partial charge on any atom is 0.306 e. The molecule has 0 saturated carbocycles. The summed E-state index contributed by atoms with van der Waals surface area (Å²) in [4.78, 5) is 70.9. The molecule has 3 rings (SSSR count). The highest BCUT2D eigenvalue weighted by Gasteiger charge is 2.36. The number of ether oxygens (including phenoxy) is 1. The highest BCUT2D eigenvalue weighted by Crippen LogP contribution is 2.31. The molecule has 51 heavy (non-hydrogen) atoms. The average molecular weight is 729 g/mol. The molecule has 0 unspecified atom stereocenters. The van der Waals surface area contributed by atoms with Crippen molar-refractivity contribution in [3.8, 4) is 0 Å². The summed E-state index contributed by atoms with van der Waals surface area (Å²) in [5.41, 5.74) is 7.42. The number of carbonyl (C=O) groups excluding carboxylic acids is 4. The van der Waals surface area contributed by atoms with Crippen LogP contribution in [-0.4, -0.2) is 82.4 Å². The number of anilines is 1.